The van der Waals surface area contributed by atoms with Crippen molar-refractivity contribution in [2.24, 2.45) is 0 Å². The number of amides is 1. The molecule has 4 aromatic rings. The molecule has 0 bridgehead atoms. The van der Waals surface area contributed by atoms with Gasteiger partial charge in [0.1, 0.15) is 17.3 Å². The van der Waals surface area contributed by atoms with Gasteiger partial charge in [-0.3, -0.25) is 14.8 Å². The van der Waals surface area contributed by atoms with Gasteiger partial charge in [0.15, 0.2) is 0 Å². The lowest BCUT2D eigenvalue weighted by atomic mass is 9.96. The number of H-pyrrole nitrogens is 1. The quantitative estimate of drug-likeness (QED) is 0.538. The number of hydrogen-bond donors (Lipinski definition) is 2. The highest BCUT2D eigenvalue weighted by atomic mass is 19.1. The Labute approximate surface area is 166 Å². The van der Waals surface area contributed by atoms with E-state index in [1.165, 1.54) is 12.1 Å². The minimum Gasteiger partial charge on any atom is -0.508 e. The monoisotopic (exact) mass is 385 g/mol. The van der Waals surface area contributed by atoms with E-state index in [4.69, 9.17) is 0 Å². The van der Waals surface area contributed by atoms with Crippen LogP contribution in [0.5, 0.6) is 5.75 Å². The minimum absolute atomic E-state index is 0.149. The maximum Gasteiger partial charge on any atom is 0.277 e. The molecule has 0 saturated carbocycles. The number of benzene rings is 3. The van der Waals surface area contributed by atoms with Crippen LogP contribution in [0.3, 0.4) is 0 Å². The molecule has 1 aliphatic rings. The van der Waals surface area contributed by atoms with Crippen molar-refractivity contribution in [3.63, 3.8) is 0 Å². The molecule has 2 N–H and O–H groups in total. The van der Waals surface area contributed by atoms with E-state index in [0.717, 1.165) is 22.4 Å². The summed E-state index contributed by atoms with van der Waals surface area (Å²) in [5, 5.41) is 17.0. The van der Waals surface area contributed by atoms with E-state index in [-0.39, 0.29) is 17.5 Å². The summed E-state index contributed by atoms with van der Waals surface area (Å²) in [6.07, 6.45) is 0. The summed E-state index contributed by atoms with van der Waals surface area (Å²) in [5.74, 6) is -0.376. The Morgan fingerprint density at radius 2 is 1.62 bits per heavy atom. The molecule has 1 amide bonds. The molecule has 1 aliphatic heterocycles. The summed E-state index contributed by atoms with van der Waals surface area (Å²) in [6, 6.07) is 21.8. The van der Waals surface area contributed by atoms with Crippen molar-refractivity contribution in [1.29, 1.82) is 0 Å². The van der Waals surface area contributed by atoms with Gasteiger partial charge >= 0.3 is 0 Å². The fourth-order valence-corrected chi connectivity index (χ4v) is 3.80. The molecule has 3 aromatic carbocycles. The molecule has 1 aromatic heterocycles. The van der Waals surface area contributed by atoms with E-state index in [2.05, 4.69) is 10.2 Å². The highest BCUT2D eigenvalue weighted by Crippen LogP contribution is 2.45. The van der Waals surface area contributed by atoms with Crippen LogP contribution in [0.1, 0.15) is 27.7 Å². The van der Waals surface area contributed by atoms with E-state index in [1.54, 1.807) is 41.3 Å². The van der Waals surface area contributed by atoms with E-state index in [0.29, 0.717) is 11.4 Å². The van der Waals surface area contributed by atoms with Crippen LogP contribution in [-0.4, -0.2) is 21.2 Å². The number of nitrogens with one attached hydrogen (secondary N) is 1. The Hall–Kier alpha value is -3.93. The largest absolute Gasteiger partial charge is 0.508 e. The number of nitrogens with zero attached hydrogens (tertiary/aromatic N) is 2. The minimum atomic E-state index is -0.431. The zero-order valence-corrected chi connectivity index (χ0v) is 15.2. The van der Waals surface area contributed by atoms with Crippen molar-refractivity contribution < 1.29 is 14.3 Å². The zero-order valence-electron chi connectivity index (χ0n) is 15.2. The fourth-order valence-electron chi connectivity index (χ4n) is 3.80. The number of halogens is 1. The Kier molecular flexibility index (Phi) is 3.91. The van der Waals surface area contributed by atoms with Crippen molar-refractivity contribution in [1.82, 2.24) is 10.2 Å². The van der Waals surface area contributed by atoms with E-state index in [9.17, 15) is 14.3 Å². The third-order valence-corrected chi connectivity index (χ3v) is 5.13. The molecule has 0 spiro atoms. The lowest BCUT2D eigenvalue weighted by Gasteiger charge is -2.26. The molecule has 0 radical (unpaired) electrons. The predicted molar refractivity (Wildman–Crippen MR) is 107 cm³/mol. The number of phenols is 1. The predicted octanol–water partition coefficient (Wildman–Crippen LogP) is 4.67. The van der Waals surface area contributed by atoms with E-state index < -0.39 is 6.04 Å². The van der Waals surface area contributed by atoms with Crippen LogP contribution in [0.4, 0.5) is 10.1 Å². The van der Waals surface area contributed by atoms with Crippen LogP contribution in [0.25, 0.3) is 11.3 Å². The first-order valence-electron chi connectivity index (χ1n) is 9.15. The summed E-state index contributed by atoms with van der Waals surface area (Å²) < 4.78 is 13.4. The summed E-state index contributed by atoms with van der Waals surface area (Å²) in [5.41, 5.74) is 4.05. The maximum absolute atomic E-state index is 13.4. The number of carbonyl (C=O) groups is 1. The standard InChI is InChI=1S/C23H16FN3O2/c24-16-10-6-14(7-11-16)20-19-21(26-25-20)23(29)27(17-4-2-1-3-5-17)22(19)15-8-12-18(28)13-9-15/h1-13,22,28H,(H,25,26)/t22-/m1/s1. The molecule has 1 atom stereocenters. The maximum atomic E-state index is 13.4. The average Bonchev–Trinajstić information content (AvgIpc) is 3.29. The van der Waals surface area contributed by atoms with Crippen molar-refractivity contribution in [3.8, 4) is 17.0 Å². The van der Waals surface area contributed by atoms with Gasteiger partial charge in [0, 0.05) is 16.8 Å². The molecule has 0 saturated heterocycles. The number of aromatic hydroxyl groups is 1. The topological polar surface area (TPSA) is 69.2 Å². The number of rotatable bonds is 3. The van der Waals surface area contributed by atoms with Crippen LogP contribution < -0.4 is 4.90 Å². The number of hydrogen-bond acceptors (Lipinski definition) is 3. The van der Waals surface area contributed by atoms with Gasteiger partial charge in [-0.1, -0.05) is 30.3 Å². The van der Waals surface area contributed by atoms with Gasteiger partial charge in [0.2, 0.25) is 0 Å². The van der Waals surface area contributed by atoms with Crippen LogP contribution in [0.15, 0.2) is 78.9 Å². The normalized spacial score (nSPS) is 15.6. The van der Waals surface area contributed by atoms with Crippen LogP contribution in [-0.2, 0) is 0 Å². The SMILES string of the molecule is O=C1c2[nH]nc(-c3ccc(F)cc3)c2[C@@H](c2ccc(O)cc2)N1c1ccccc1. The van der Waals surface area contributed by atoms with Crippen LogP contribution in [0, 0.1) is 5.82 Å². The average molecular weight is 385 g/mol. The molecule has 0 aliphatic carbocycles. The van der Waals surface area contributed by atoms with Crippen LogP contribution in [0.2, 0.25) is 0 Å². The number of phenolic OH excluding ortho intramolecular Hbond substituents is 1. The summed E-state index contributed by atoms with van der Waals surface area (Å²) in [6.45, 7) is 0. The summed E-state index contributed by atoms with van der Waals surface area (Å²) >= 11 is 0. The van der Waals surface area contributed by atoms with Crippen molar-refractivity contribution >= 4 is 11.6 Å². The Morgan fingerprint density at radius 3 is 2.31 bits per heavy atom. The number of para-hydroxylation sites is 1. The molecular weight excluding hydrogens is 369 g/mol. The van der Waals surface area contributed by atoms with Gasteiger partial charge in [-0.15, -0.1) is 0 Å². The van der Waals surface area contributed by atoms with Crippen molar-refractivity contribution in [2.45, 2.75) is 6.04 Å². The molecule has 0 fully saturated rings. The van der Waals surface area contributed by atoms with Crippen molar-refractivity contribution in [2.75, 3.05) is 4.90 Å². The molecule has 29 heavy (non-hydrogen) atoms. The van der Waals surface area contributed by atoms with Gasteiger partial charge in [-0.05, 0) is 54.1 Å². The molecule has 0 unspecified atom stereocenters. The first-order valence-corrected chi connectivity index (χ1v) is 9.15. The zero-order chi connectivity index (χ0) is 20.0. The number of anilines is 1. The molecule has 5 nitrogen and oxygen atoms in total. The smallest absolute Gasteiger partial charge is 0.277 e. The Balaban J connectivity index is 1.72. The highest BCUT2D eigenvalue weighted by molar-refractivity contribution is 6.11. The first kappa shape index (κ1) is 17.2. The number of aromatic amines is 1. The molecule has 6 heteroatoms. The molecule has 2 heterocycles. The molecular formula is C23H16FN3O2. The van der Waals surface area contributed by atoms with Gasteiger partial charge < -0.3 is 5.11 Å². The fraction of sp³-hybridized carbons (Fsp3) is 0.0435. The van der Waals surface area contributed by atoms with Gasteiger partial charge in [0.25, 0.3) is 5.91 Å². The lowest BCUT2D eigenvalue weighted by molar-refractivity contribution is 0.0989. The van der Waals surface area contributed by atoms with Crippen molar-refractivity contribution in [3.05, 3.63) is 102 Å². The summed E-state index contributed by atoms with van der Waals surface area (Å²) in [4.78, 5) is 15.0. The Morgan fingerprint density at radius 1 is 0.931 bits per heavy atom. The van der Waals surface area contributed by atoms with Gasteiger partial charge in [-0.25, -0.2) is 4.39 Å². The second kappa shape index (κ2) is 6.60. The highest BCUT2D eigenvalue weighted by Gasteiger charge is 2.43. The lowest BCUT2D eigenvalue weighted by Crippen LogP contribution is -2.29. The summed E-state index contributed by atoms with van der Waals surface area (Å²) in [7, 11) is 0. The third kappa shape index (κ3) is 2.77. The molecule has 142 valence electrons. The number of fused-ring (bicyclic) bond motifs is 1. The van der Waals surface area contributed by atoms with Crippen LogP contribution >= 0.6 is 0 Å². The first-order chi connectivity index (χ1) is 14.1. The third-order valence-electron chi connectivity index (χ3n) is 5.13. The Bertz CT molecular complexity index is 1190. The second-order valence-electron chi connectivity index (χ2n) is 6.87. The van der Waals surface area contributed by atoms with E-state index in [1.807, 2.05) is 30.3 Å². The van der Waals surface area contributed by atoms with Gasteiger partial charge in [-0.2, -0.15) is 5.10 Å². The second-order valence-corrected chi connectivity index (χ2v) is 6.87. The van der Waals surface area contributed by atoms with Gasteiger partial charge in [0.05, 0.1) is 11.7 Å². The molecule has 5 rings (SSSR count). The van der Waals surface area contributed by atoms with E-state index >= 15 is 0 Å². The number of aromatic nitrogens is 2. The number of carbonyl (C=O) groups excluding carboxylic acids is 1.